The van der Waals surface area contributed by atoms with Crippen molar-refractivity contribution < 1.29 is 8.42 Å². The fourth-order valence-corrected chi connectivity index (χ4v) is 3.99. The Balaban J connectivity index is 2.03. The van der Waals surface area contributed by atoms with Crippen LogP contribution in [0.15, 0.2) is 11.1 Å². The second-order valence-electron chi connectivity index (χ2n) is 5.67. The monoisotopic (exact) mass is 315 g/mol. The van der Waals surface area contributed by atoms with Gasteiger partial charge in [0.1, 0.15) is 4.90 Å². The van der Waals surface area contributed by atoms with Gasteiger partial charge in [0.2, 0.25) is 10.0 Å². The van der Waals surface area contributed by atoms with Crippen LogP contribution in [0.5, 0.6) is 0 Å². The van der Waals surface area contributed by atoms with Gasteiger partial charge in [-0.2, -0.15) is 5.10 Å². The normalized spacial score (nSPS) is 18.2. The molecule has 7 nitrogen and oxygen atoms in total. The number of hydrogen-bond donors (Lipinski definition) is 2. The molecule has 1 atom stereocenters. The molecular formula is C13H25N5O2S. The highest BCUT2D eigenvalue weighted by Crippen LogP contribution is 2.17. The first-order chi connectivity index (χ1) is 9.92. The Bertz CT molecular complexity index is 563. The van der Waals surface area contributed by atoms with Crippen molar-refractivity contribution in [1.82, 2.24) is 19.4 Å². The number of likely N-dealkylation sites (tertiary alicyclic amines) is 1. The van der Waals surface area contributed by atoms with E-state index in [1.807, 2.05) is 13.8 Å². The molecule has 8 heteroatoms. The molecule has 0 radical (unpaired) electrons. The number of aryl methyl sites for hydroxylation is 1. The number of anilines is 1. The van der Waals surface area contributed by atoms with Gasteiger partial charge in [-0.05, 0) is 39.3 Å². The average molecular weight is 315 g/mol. The third kappa shape index (κ3) is 4.18. The average Bonchev–Trinajstić information content (AvgIpc) is 2.99. The van der Waals surface area contributed by atoms with Crippen LogP contribution < -0.4 is 10.5 Å². The largest absolute Gasteiger partial charge is 0.381 e. The molecule has 3 N–H and O–H groups in total. The summed E-state index contributed by atoms with van der Waals surface area (Å²) < 4.78 is 29.1. The summed E-state index contributed by atoms with van der Waals surface area (Å²) in [4.78, 5) is 2.35. The van der Waals surface area contributed by atoms with Crippen molar-refractivity contribution in [3.63, 3.8) is 0 Å². The molecule has 0 aromatic carbocycles. The lowest BCUT2D eigenvalue weighted by Gasteiger charge is -2.20. The first-order valence-corrected chi connectivity index (χ1v) is 8.98. The highest BCUT2D eigenvalue weighted by atomic mass is 32.2. The highest BCUT2D eigenvalue weighted by molar-refractivity contribution is 7.89. The Labute approximate surface area is 126 Å². The molecule has 0 bridgehead atoms. The van der Waals surface area contributed by atoms with E-state index in [4.69, 9.17) is 5.73 Å². The fraction of sp³-hybridized carbons (Fsp3) is 0.769. The van der Waals surface area contributed by atoms with Crippen molar-refractivity contribution >= 4 is 15.8 Å². The number of nitrogens with zero attached hydrogens (tertiary/aromatic N) is 3. The second kappa shape index (κ2) is 6.76. The fourth-order valence-electron chi connectivity index (χ4n) is 2.69. The van der Waals surface area contributed by atoms with Crippen LogP contribution in [-0.2, 0) is 16.6 Å². The molecule has 120 valence electrons. The molecular weight excluding hydrogens is 290 g/mol. The summed E-state index contributed by atoms with van der Waals surface area (Å²) in [5, 5.41) is 4.04. The summed E-state index contributed by atoms with van der Waals surface area (Å²) in [6, 6.07) is -0.151. The van der Waals surface area contributed by atoms with Crippen LogP contribution in [0.4, 0.5) is 5.82 Å². The van der Waals surface area contributed by atoms with Crippen LogP contribution in [-0.4, -0.2) is 48.8 Å². The maximum Gasteiger partial charge on any atom is 0.246 e. The van der Waals surface area contributed by atoms with Gasteiger partial charge >= 0.3 is 0 Å². The van der Waals surface area contributed by atoms with E-state index in [1.54, 1.807) is 4.68 Å². The van der Waals surface area contributed by atoms with Crippen molar-refractivity contribution in [3.05, 3.63) is 6.20 Å². The zero-order chi connectivity index (χ0) is 15.5. The van der Waals surface area contributed by atoms with Crippen LogP contribution in [0.1, 0.15) is 33.1 Å². The van der Waals surface area contributed by atoms with Crippen LogP contribution in [0.2, 0.25) is 0 Å². The van der Waals surface area contributed by atoms with Crippen molar-refractivity contribution in [1.29, 1.82) is 0 Å². The molecule has 0 spiro atoms. The molecule has 1 aliphatic rings. The van der Waals surface area contributed by atoms with E-state index in [-0.39, 0.29) is 16.8 Å². The van der Waals surface area contributed by atoms with Crippen LogP contribution in [0.3, 0.4) is 0 Å². The van der Waals surface area contributed by atoms with Crippen LogP contribution in [0.25, 0.3) is 0 Å². The molecule has 0 amide bonds. The molecule has 1 unspecified atom stereocenters. The molecule has 2 heterocycles. The lowest BCUT2D eigenvalue weighted by Crippen LogP contribution is -2.41. The maximum absolute atomic E-state index is 12.4. The van der Waals surface area contributed by atoms with Crippen molar-refractivity contribution in [2.45, 2.75) is 50.6 Å². The summed E-state index contributed by atoms with van der Waals surface area (Å²) in [5.74, 6) is 0.0596. The number of rotatable bonds is 7. The Morgan fingerprint density at radius 3 is 2.71 bits per heavy atom. The van der Waals surface area contributed by atoms with E-state index in [9.17, 15) is 8.42 Å². The topological polar surface area (TPSA) is 93.2 Å². The van der Waals surface area contributed by atoms with Gasteiger partial charge in [-0.3, -0.25) is 4.68 Å². The smallest absolute Gasteiger partial charge is 0.246 e. The molecule has 1 saturated heterocycles. The molecule has 1 aromatic rings. The molecule has 21 heavy (non-hydrogen) atoms. The molecule has 1 aromatic heterocycles. The Morgan fingerprint density at radius 1 is 1.43 bits per heavy atom. The summed E-state index contributed by atoms with van der Waals surface area (Å²) in [7, 11) is -3.61. The molecule has 0 aliphatic carbocycles. The molecule has 1 fully saturated rings. The quantitative estimate of drug-likeness (QED) is 0.770. The molecule has 0 saturated carbocycles. The number of aromatic nitrogens is 2. The van der Waals surface area contributed by atoms with Gasteiger partial charge in [0.25, 0.3) is 0 Å². The Morgan fingerprint density at radius 2 is 2.10 bits per heavy atom. The van der Waals surface area contributed by atoms with Gasteiger partial charge in [0, 0.05) is 25.3 Å². The van der Waals surface area contributed by atoms with Crippen molar-refractivity contribution in [3.8, 4) is 0 Å². The molecule has 2 rings (SSSR count). The lowest BCUT2D eigenvalue weighted by atomic mass is 10.3. The van der Waals surface area contributed by atoms with E-state index in [0.717, 1.165) is 26.1 Å². The number of hydrogen-bond acceptors (Lipinski definition) is 5. The first kappa shape index (κ1) is 16.3. The van der Waals surface area contributed by atoms with Gasteiger partial charge in [-0.15, -0.1) is 0 Å². The van der Waals surface area contributed by atoms with Crippen molar-refractivity contribution in [2.75, 3.05) is 25.4 Å². The Hall–Kier alpha value is -1.12. The summed E-state index contributed by atoms with van der Waals surface area (Å²) in [6.07, 6.45) is 4.76. The standard InChI is InChI=1S/C13H25N5O2S/c1-3-6-18-10-12(13(14)15-18)21(19,20)16-11(2)9-17-7-4-5-8-17/h10-11,16H,3-9H2,1-2H3,(H2,14,15). The SMILES string of the molecule is CCCn1cc(S(=O)(=O)NC(C)CN2CCCC2)c(N)n1. The van der Waals surface area contributed by atoms with Gasteiger partial charge in [-0.25, -0.2) is 13.1 Å². The number of nitrogen functional groups attached to an aromatic ring is 1. The number of nitrogens with one attached hydrogen (secondary N) is 1. The predicted octanol–water partition coefficient (Wildman–Crippen LogP) is 0.638. The maximum atomic E-state index is 12.4. The summed E-state index contributed by atoms with van der Waals surface area (Å²) >= 11 is 0. The van der Waals surface area contributed by atoms with Gasteiger partial charge in [0.05, 0.1) is 0 Å². The van der Waals surface area contributed by atoms with Crippen molar-refractivity contribution in [2.24, 2.45) is 0 Å². The van der Waals surface area contributed by atoms with Crippen LogP contribution in [0, 0.1) is 0 Å². The minimum absolute atomic E-state index is 0.0596. The third-order valence-corrected chi connectivity index (χ3v) is 5.19. The van der Waals surface area contributed by atoms with E-state index in [0.29, 0.717) is 6.54 Å². The second-order valence-corrected chi connectivity index (χ2v) is 7.35. The zero-order valence-corrected chi connectivity index (χ0v) is 13.6. The minimum Gasteiger partial charge on any atom is -0.381 e. The number of sulfonamides is 1. The third-order valence-electron chi connectivity index (χ3n) is 3.58. The number of nitrogens with two attached hydrogens (primary N) is 1. The lowest BCUT2D eigenvalue weighted by molar-refractivity contribution is 0.313. The summed E-state index contributed by atoms with van der Waals surface area (Å²) in [5.41, 5.74) is 5.74. The van der Waals surface area contributed by atoms with Gasteiger partial charge in [0.15, 0.2) is 5.82 Å². The van der Waals surface area contributed by atoms with Crippen LogP contribution >= 0.6 is 0 Å². The Kier molecular flexibility index (Phi) is 5.23. The zero-order valence-electron chi connectivity index (χ0n) is 12.7. The molecule has 1 aliphatic heterocycles. The van der Waals surface area contributed by atoms with Gasteiger partial charge in [-0.1, -0.05) is 6.92 Å². The van der Waals surface area contributed by atoms with Gasteiger partial charge < -0.3 is 10.6 Å². The highest BCUT2D eigenvalue weighted by Gasteiger charge is 2.24. The van der Waals surface area contributed by atoms with E-state index < -0.39 is 10.0 Å². The minimum atomic E-state index is -3.61. The van der Waals surface area contributed by atoms with E-state index >= 15 is 0 Å². The first-order valence-electron chi connectivity index (χ1n) is 7.50. The van der Waals surface area contributed by atoms with E-state index in [2.05, 4.69) is 14.7 Å². The van der Waals surface area contributed by atoms with E-state index in [1.165, 1.54) is 19.0 Å². The summed E-state index contributed by atoms with van der Waals surface area (Å²) in [6.45, 7) is 7.35. The predicted molar refractivity (Wildman–Crippen MR) is 82.4 cm³/mol.